The lowest BCUT2D eigenvalue weighted by molar-refractivity contribution is -0.381. The van der Waals surface area contributed by atoms with Crippen molar-refractivity contribution in [3.8, 4) is 5.75 Å². The molecule has 0 fully saturated rings. The van der Waals surface area contributed by atoms with E-state index in [1.54, 1.807) is 6.07 Å². The Labute approximate surface area is 82.5 Å². The van der Waals surface area contributed by atoms with Crippen molar-refractivity contribution in [3.05, 3.63) is 28.3 Å². The molecule has 14 heavy (non-hydrogen) atoms. The smallest absolute Gasteiger partial charge is 0.311 e. The van der Waals surface area contributed by atoms with Crippen LogP contribution in [0.15, 0.2) is 18.2 Å². The summed E-state index contributed by atoms with van der Waals surface area (Å²) in [5, 5.41) is 20.4. The number of rotatable bonds is 1. The number of nitrogen functional groups attached to an aromatic ring is 1. The van der Waals surface area contributed by atoms with Crippen molar-refractivity contribution in [1.82, 2.24) is 0 Å². The molecule has 0 saturated carbocycles. The number of anilines is 1. The van der Waals surface area contributed by atoms with E-state index in [4.69, 9.17) is 5.73 Å². The first-order valence-corrected chi connectivity index (χ1v) is 4.56. The molecule has 0 radical (unpaired) electrons. The van der Waals surface area contributed by atoms with Crippen molar-refractivity contribution in [1.29, 1.82) is 0 Å². The maximum atomic E-state index is 10.7. The average molecular weight is 210 g/mol. The SMILES string of the molecule is Nc1sc2ccc(O)cc2c1[N+](=O)[O-]. The van der Waals surface area contributed by atoms with Crippen LogP contribution in [0.25, 0.3) is 10.1 Å². The Bertz CT molecular complexity index is 521. The predicted molar refractivity (Wildman–Crippen MR) is 54.6 cm³/mol. The molecule has 0 unspecified atom stereocenters. The zero-order chi connectivity index (χ0) is 10.3. The van der Waals surface area contributed by atoms with Gasteiger partial charge in [-0.2, -0.15) is 0 Å². The third-order valence-electron chi connectivity index (χ3n) is 1.85. The number of hydrogen-bond donors (Lipinski definition) is 2. The Morgan fingerprint density at radius 1 is 1.50 bits per heavy atom. The lowest BCUT2D eigenvalue weighted by atomic mass is 10.2. The quantitative estimate of drug-likeness (QED) is 0.557. The topological polar surface area (TPSA) is 89.4 Å². The van der Waals surface area contributed by atoms with Crippen LogP contribution in [0.1, 0.15) is 0 Å². The van der Waals surface area contributed by atoms with E-state index in [1.807, 2.05) is 0 Å². The van der Waals surface area contributed by atoms with Gasteiger partial charge in [0.1, 0.15) is 5.75 Å². The fraction of sp³-hybridized carbons (Fsp3) is 0. The fourth-order valence-electron chi connectivity index (χ4n) is 1.28. The molecule has 0 aliphatic rings. The molecule has 0 aliphatic carbocycles. The summed E-state index contributed by atoms with van der Waals surface area (Å²) in [4.78, 5) is 10.1. The molecule has 0 saturated heterocycles. The maximum absolute atomic E-state index is 10.7. The van der Waals surface area contributed by atoms with Crippen LogP contribution >= 0.6 is 11.3 Å². The molecule has 1 aromatic carbocycles. The molecule has 1 aromatic heterocycles. The number of fused-ring (bicyclic) bond motifs is 1. The highest BCUT2D eigenvalue weighted by Crippen LogP contribution is 2.40. The number of hydrogen-bond acceptors (Lipinski definition) is 5. The van der Waals surface area contributed by atoms with Crippen LogP contribution in [-0.4, -0.2) is 10.0 Å². The molecule has 0 spiro atoms. The van der Waals surface area contributed by atoms with E-state index in [1.165, 1.54) is 12.1 Å². The van der Waals surface area contributed by atoms with Crippen LogP contribution in [-0.2, 0) is 0 Å². The number of phenolic OH excluding ortho intramolecular Hbond substituents is 1. The van der Waals surface area contributed by atoms with Crippen LogP contribution in [0, 0.1) is 10.1 Å². The zero-order valence-electron chi connectivity index (χ0n) is 6.93. The van der Waals surface area contributed by atoms with Crippen LogP contribution < -0.4 is 5.73 Å². The minimum atomic E-state index is -0.534. The second-order valence-corrected chi connectivity index (χ2v) is 3.84. The first-order valence-electron chi connectivity index (χ1n) is 3.75. The Kier molecular flexibility index (Phi) is 1.78. The highest BCUT2D eigenvalue weighted by atomic mass is 32.1. The molecule has 0 amide bonds. The van der Waals surface area contributed by atoms with Gasteiger partial charge in [0, 0.05) is 4.70 Å². The first-order chi connectivity index (χ1) is 6.59. The normalized spacial score (nSPS) is 10.6. The van der Waals surface area contributed by atoms with E-state index in [-0.39, 0.29) is 16.4 Å². The Morgan fingerprint density at radius 3 is 2.86 bits per heavy atom. The highest BCUT2D eigenvalue weighted by Gasteiger charge is 2.20. The molecule has 0 aliphatic heterocycles. The minimum Gasteiger partial charge on any atom is -0.508 e. The lowest BCUT2D eigenvalue weighted by Gasteiger charge is -1.91. The van der Waals surface area contributed by atoms with E-state index in [2.05, 4.69) is 0 Å². The van der Waals surface area contributed by atoms with Crippen LogP contribution in [0.5, 0.6) is 5.75 Å². The van der Waals surface area contributed by atoms with E-state index >= 15 is 0 Å². The number of nitrogens with two attached hydrogens (primary N) is 1. The van der Waals surface area contributed by atoms with Crippen molar-refractivity contribution >= 4 is 32.1 Å². The summed E-state index contributed by atoms with van der Waals surface area (Å²) in [5.41, 5.74) is 5.38. The van der Waals surface area contributed by atoms with E-state index in [0.29, 0.717) is 10.1 Å². The average Bonchev–Trinajstić information content (AvgIpc) is 2.40. The number of phenols is 1. The summed E-state index contributed by atoms with van der Waals surface area (Å²) in [5.74, 6) is -0.00148. The summed E-state index contributed by atoms with van der Waals surface area (Å²) in [6, 6.07) is 4.43. The summed E-state index contributed by atoms with van der Waals surface area (Å²) >= 11 is 1.14. The first kappa shape index (κ1) is 8.76. The second-order valence-electron chi connectivity index (χ2n) is 2.75. The van der Waals surface area contributed by atoms with Gasteiger partial charge in [-0.25, -0.2) is 0 Å². The lowest BCUT2D eigenvalue weighted by Crippen LogP contribution is -1.90. The number of aromatic hydroxyl groups is 1. The Balaban J connectivity index is 2.86. The molecule has 5 nitrogen and oxygen atoms in total. The monoisotopic (exact) mass is 210 g/mol. The summed E-state index contributed by atoms with van der Waals surface area (Å²) < 4.78 is 0.701. The van der Waals surface area contributed by atoms with Crippen LogP contribution in [0.4, 0.5) is 10.7 Å². The predicted octanol–water partition coefficient (Wildman–Crippen LogP) is 2.10. The van der Waals surface area contributed by atoms with Crippen molar-refractivity contribution < 1.29 is 10.0 Å². The van der Waals surface area contributed by atoms with Crippen molar-refractivity contribution in [2.24, 2.45) is 0 Å². The molecule has 1 heterocycles. The molecular weight excluding hydrogens is 204 g/mol. The van der Waals surface area contributed by atoms with Crippen molar-refractivity contribution in [2.45, 2.75) is 0 Å². The van der Waals surface area contributed by atoms with Gasteiger partial charge in [0.2, 0.25) is 0 Å². The second kappa shape index (κ2) is 2.85. The molecule has 0 atom stereocenters. The van der Waals surface area contributed by atoms with E-state index in [9.17, 15) is 15.2 Å². The van der Waals surface area contributed by atoms with Gasteiger partial charge in [-0.15, -0.1) is 11.3 Å². The third-order valence-corrected chi connectivity index (χ3v) is 2.84. The van der Waals surface area contributed by atoms with Gasteiger partial charge in [-0.05, 0) is 18.2 Å². The van der Waals surface area contributed by atoms with Gasteiger partial charge in [-0.3, -0.25) is 10.1 Å². The molecule has 0 bridgehead atoms. The van der Waals surface area contributed by atoms with Gasteiger partial charge < -0.3 is 10.8 Å². The van der Waals surface area contributed by atoms with Crippen molar-refractivity contribution in [3.63, 3.8) is 0 Å². The minimum absolute atomic E-state index is 0.00148. The zero-order valence-corrected chi connectivity index (χ0v) is 7.75. The van der Waals surface area contributed by atoms with Gasteiger partial charge in [0.25, 0.3) is 0 Å². The Morgan fingerprint density at radius 2 is 2.21 bits per heavy atom. The molecular formula is C8H6N2O3S. The largest absolute Gasteiger partial charge is 0.508 e. The molecule has 3 N–H and O–H groups in total. The van der Waals surface area contributed by atoms with Gasteiger partial charge in [0.05, 0.1) is 10.3 Å². The van der Waals surface area contributed by atoms with E-state index in [0.717, 1.165) is 11.3 Å². The Hall–Kier alpha value is -1.82. The summed E-state index contributed by atoms with van der Waals surface area (Å²) in [6.45, 7) is 0. The van der Waals surface area contributed by atoms with Gasteiger partial charge >= 0.3 is 5.69 Å². The number of thiophene rings is 1. The summed E-state index contributed by atoms with van der Waals surface area (Å²) in [6.07, 6.45) is 0. The standard InChI is InChI=1S/C8H6N2O3S/c9-8-7(10(12)13)5-3-4(11)1-2-6(5)14-8/h1-3,11H,9H2. The van der Waals surface area contributed by atoms with Crippen LogP contribution in [0.2, 0.25) is 0 Å². The highest BCUT2D eigenvalue weighted by molar-refractivity contribution is 7.23. The van der Waals surface area contributed by atoms with Crippen LogP contribution in [0.3, 0.4) is 0 Å². The summed E-state index contributed by atoms with van der Waals surface area (Å²) in [7, 11) is 0. The van der Waals surface area contributed by atoms with Gasteiger partial charge in [0.15, 0.2) is 5.00 Å². The van der Waals surface area contributed by atoms with E-state index < -0.39 is 4.92 Å². The number of nitrogens with zero attached hydrogens (tertiary/aromatic N) is 1. The molecule has 6 heteroatoms. The van der Waals surface area contributed by atoms with Crippen molar-refractivity contribution in [2.75, 3.05) is 5.73 Å². The fourth-order valence-corrected chi connectivity index (χ4v) is 2.20. The number of benzene rings is 1. The molecule has 2 rings (SSSR count). The molecule has 2 aromatic rings. The van der Waals surface area contributed by atoms with Gasteiger partial charge in [-0.1, -0.05) is 0 Å². The third kappa shape index (κ3) is 1.16. The number of nitro groups is 1. The molecule has 72 valence electrons. The maximum Gasteiger partial charge on any atom is 0.311 e.